The van der Waals surface area contributed by atoms with Crippen LogP contribution in [-0.2, 0) is 6.18 Å². The molecular weight excluding hydrogens is 331 g/mol. The van der Waals surface area contributed by atoms with Crippen molar-refractivity contribution in [3.05, 3.63) is 57.8 Å². The minimum absolute atomic E-state index is 0.0823. The van der Waals surface area contributed by atoms with Crippen molar-refractivity contribution in [1.82, 2.24) is 4.90 Å². The van der Waals surface area contributed by atoms with Crippen molar-refractivity contribution in [2.24, 2.45) is 0 Å². The molecule has 0 unspecified atom stereocenters. The van der Waals surface area contributed by atoms with Crippen LogP contribution in [0.3, 0.4) is 0 Å². The standard InChI is InChI=1S/C15H12F3NOS2/c16-15(17,18)11-4-1-3-10(9-11)13(20)19-6-8-22-14(19)12-5-2-7-21-12/h1-5,7,9,14H,6,8H2/t14-/m0/s1. The summed E-state index contributed by atoms with van der Waals surface area (Å²) in [6.45, 7) is 0.544. The number of rotatable bonds is 2. The predicted molar refractivity (Wildman–Crippen MR) is 82.0 cm³/mol. The lowest BCUT2D eigenvalue weighted by atomic mass is 10.1. The Morgan fingerprint density at radius 1 is 1.23 bits per heavy atom. The van der Waals surface area contributed by atoms with Crippen molar-refractivity contribution < 1.29 is 18.0 Å². The Morgan fingerprint density at radius 2 is 2.05 bits per heavy atom. The van der Waals surface area contributed by atoms with Crippen LogP contribution in [0.2, 0.25) is 0 Å². The number of benzene rings is 1. The van der Waals surface area contributed by atoms with Gasteiger partial charge in [0.25, 0.3) is 5.91 Å². The molecule has 22 heavy (non-hydrogen) atoms. The Kier molecular flexibility index (Phi) is 4.18. The molecule has 0 N–H and O–H groups in total. The zero-order valence-electron chi connectivity index (χ0n) is 11.3. The lowest BCUT2D eigenvalue weighted by molar-refractivity contribution is -0.137. The summed E-state index contributed by atoms with van der Waals surface area (Å²) >= 11 is 3.18. The molecule has 0 bridgehead atoms. The molecule has 0 spiro atoms. The van der Waals surface area contributed by atoms with Gasteiger partial charge in [0, 0.05) is 22.7 Å². The highest BCUT2D eigenvalue weighted by Gasteiger charge is 2.34. The van der Waals surface area contributed by atoms with Gasteiger partial charge in [-0.2, -0.15) is 13.2 Å². The molecule has 1 aliphatic heterocycles. The van der Waals surface area contributed by atoms with Crippen LogP contribution in [-0.4, -0.2) is 23.1 Å². The van der Waals surface area contributed by atoms with Gasteiger partial charge in [-0.25, -0.2) is 0 Å². The minimum atomic E-state index is -4.44. The fourth-order valence-electron chi connectivity index (χ4n) is 2.34. The number of hydrogen-bond donors (Lipinski definition) is 0. The zero-order chi connectivity index (χ0) is 15.7. The Hall–Kier alpha value is -1.47. The molecule has 1 saturated heterocycles. The number of halogens is 3. The lowest BCUT2D eigenvalue weighted by Crippen LogP contribution is -2.30. The number of carbonyl (C=O) groups is 1. The van der Waals surface area contributed by atoms with Crippen LogP contribution >= 0.6 is 23.1 Å². The first kappa shape index (κ1) is 15.4. The van der Waals surface area contributed by atoms with Crippen molar-refractivity contribution in [2.75, 3.05) is 12.3 Å². The summed E-state index contributed by atoms with van der Waals surface area (Å²) in [6, 6.07) is 8.47. The second-order valence-corrected chi connectivity index (χ2v) is 6.98. The molecule has 0 aliphatic carbocycles. The van der Waals surface area contributed by atoms with Gasteiger partial charge < -0.3 is 4.90 Å². The summed E-state index contributed by atoms with van der Waals surface area (Å²) in [4.78, 5) is 15.3. The monoisotopic (exact) mass is 343 g/mol. The zero-order valence-corrected chi connectivity index (χ0v) is 13.0. The second-order valence-electron chi connectivity index (χ2n) is 4.82. The average molecular weight is 343 g/mol. The molecule has 1 aromatic carbocycles. The molecule has 2 heterocycles. The molecule has 2 nitrogen and oxygen atoms in total. The molecule has 0 saturated carbocycles. The molecule has 3 rings (SSSR count). The van der Waals surface area contributed by atoms with Crippen LogP contribution in [0.5, 0.6) is 0 Å². The first-order valence-electron chi connectivity index (χ1n) is 6.60. The molecule has 1 fully saturated rings. The van der Waals surface area contributed by atoms with Gasteiger partial charge in [0.05, 0.1) is 5.56 Å². The second kappa shape index (κ2) is 5.96. The molecule has 1 aromatic heterocycles. The van der Waals surface area contributed by atoms with E-state index < -0.39 is 11.7 Å². The SMILES string of the molecule is O=C(c1cccc(C(F)(F)F)c1)N1CCS[C@H]1c1cccs1. The number of carbonyl (C=O) groups excluding carboxylic acids is 1. The van der Waals surface area contributed by atoms with Crippen molar-refractivity contribution in [1.29, 1.82) is 0 Å². The fraction of sp³-hybridized carbons (Fsp3) is 0.267. The van der Waals surface area contributed by atoms with Crippen molar-refractivity contribution in [2.45, 2.75) is 11.6 Å². The Morgan fingerprint density at radius 3 is 2.73 bits per heavy atom. The molecule has 1 aliphatic rings. The molecule has 116 valence electrons. The highest BCUT2D eigenvalue weighted by Crippen LogP contribution is 2.41. The van der Waals surface area contributed by atoms with Gasteiger partial charge in [-0.3, -0.25) is 4.79 Å². The summed E-state index contributed by atoms with van der Waals surface area (Å²) in [6.07, 6.45) is -4.44. The van der Waals surface area contributed by atoms with E-state index >= 15 is 0 Å². The highest BCUT2D eigenvalue weighted by atomic mass is 32.2. The van der Waals surface area contributed by atoms with Crippen LogP contribution in [0.15, 0.2) is 41.8 Å². The maximum absolute atomic E-state index is 12.8. The third kappa shape index (κ3) is 3.01. The lowest BCUT2D eigenvalue weighted by Gasteiger charge is -2.23. The summed E-state index contributed by atoms with van der Waals surface area (Å²) in [5, 5.41) is 1.82. The third-order valence-corrected chi connectivity index (χ3v) is 5.69. The van der Waals surface area contributed by atoms with E-state index in [-0.39, 0.29) is 16.8 Å². The van der Waals surface area contributed by atoms with Gasteiger partial charge in [0.15, 0.2) is 0 Å². The summed E-state index contributed by atoms with van der Waals surface area (Å²) in [7, 11) is 0. The van der Waals surface area contributed by atoms with E-state index in [1.807, 2.05) is 17.5 Å². The van der Waals surface area contributed by atoms with E-state index in [2.05, 4.69) is 0 Å². The van der Waals surface area contributed by atoms with Crippen LogP contribution in [0.4, 0.5) is 13.2 Å². The van der Waals surface area contributed by atoms with E-state index in [9.17, 15) is 18.0 Å². The number of thioether (sulfide) groups is 1. The molecular formula is C15H12F3NOS2. The maximum Gasteiger partial charge on any atom is 0.416 e. The van der Waals surface area contributed by atoms with E-state index in [1.165, 1.54) is 12.1 Å². The first-order valence-corrected chi connectivity index (χ1v) is 8.53. The first-order chi connectivity index (χ1) is 10.5. The van der Waals surface area contributed by atoms with Crippen LogP contribution in [0, 0.1) is 0 Å². The summed E-state index contributed by atoms with van der Waals surface area (Å²) < 4.78 is 38.3. The Labute approximate surface area is 133 Å². The van der Waals surface area contributed by atoms with Gasteiger partial charge in [0.1, 0.15) is 5.37 Å². The van der Waals surface area contributed by atoms with Crippen LogP contribution in [0.25, 0.3) is 0 Å². The van der Waals surface area contributed by atoms with Crippen LogP contribution in [0.1, 0.15) is 26.2 Å². The number of thiophene rings is 1. The molecule has 7 heteroatoms. The topological polar surface area (TPSA) is 20.3 Å². The minimum Gasteiger partial charge on any atom is -0.321 e. The van der Waals surface area contributed by atoms with Gasteiger partial charge in [-0.1, -0.05) is 12.1 Å². The maximum atomic E-state index is 12.8. The van der Waals surface area contributed by atoms with Crippen molar-refractivity contribution in [3.63, 3.8) is 0 Å². The number of amides is 1. The largest absolute Gasteiger partial charge is 0.416 e. The molecule has 1 amide bonds. The van der Waals surface area contributed by atoms with E-state index in [1.54, 1.807) is 28.0 Å². The molecule has 2 aromatic rings. The van der Waals surface area contributed by atoms with Gasteiger partial charge in [0.2, 0.25) is 0 Å². The van der Waals surface area contributed by atoms with E-state index in [0.717, 1.165) is 22.8 Å². The van der Waals surface area contributed by atoms with E-state index in [0.29, 0.717) is 6.54 Å². The number of nitrogens with zero attached hydrogens (tertiary/aromatic N) is 1. The smallest absolute Gasteiger partial charge is 0.321 e. The van der Waals surface area contributed by atoms with Crippen LogP contribution < -0.4 is 0 Å². The number of hydrogen-bond acceptors (Lipinski definition) is 3. The molecule has 0 radical (unpaired) electrons. The van der Waals surface area contributed by atoms with Crippen molar-refractivity contribution in [3.8, 4) is 0 Å². The Bertz CT molecular complexity index is 670. The third-order valence-electron chi connectivity index (χ3n) is 3.38. The highest BCUT2D eigenvalue weighted by molar-refractivity contribution is 7.99. The predicted octanol–water partition coefficient (Wildman–Crippen LogP) is 4.65. The van der Waals surface area contributed by atoms with Gasteiger partial charge in [-0.15, -0.1) is 23.1 Å². The average Bonchev–Trinajstić information content (AvgIpc) is 3.16. The van der Waals surface area contributed by atoms with E-state index in [4.69, 9.17) is 0 Å². The van der Waals surface area contributed by atoms with Gasteiger partial charge >= 0.3 is 6.18 Å². The molecule has 1 atom stereocenters. The van der Waals surface area contributed by atoms with Gasteiger partial charge in [-0.05, 0) is 29.6 Å². The fourth-order valence-corrected chi connectivity index (χ4v) is 4.57. The summed E-state index contributed by atoms with van der Waals surface area (Å²) in [5.41, 5.74) is -0.711. The summed E-state index contributed by atoms with van der Waals surface area (Å²) in [5.74, 6) is 0.433. The number of alkyl halides is 3. The normalized spacial score (nSPS) is 18.7. The van der Waals surface area contributed by atoms with Crippen molar-refractivity contribution >= 4 is 29.0 Å². The quantitative estimate of drug-likeness (QED) is 0.791. The Balaban J connectivity index is 1.87.